The third-order valence-electron chi connectivity index (χ3n) is 6.01. The summed E-state index contributed by atoms with van der Waals surface area (Å²) in [4.78, 5) is 15.7. The molecule has 1 aromatic carbocycles. The zero-order valence-electron chi connectivity index (χ0n) is 18.0. The van der Waals surface area contributed by atoms with Gasteiger partial charge in [0.2, 0.25) is 5.91 Å². The van der Waals surface area contributed by atoms with Crippen molar-refractivity contribution < 1.29 is 4.79 Å². The number of benzene rings is 1. The normalized spacial score (nSPS) is 16.6. The predicted molar refractivity (Wildman–Crippen MR) is 119 cm³/mol. The molecule has 1 aliphatic heterocycles. The van der Waals surface area contributed by atoms with E-state index in [9.17, 15) is 4.79 Å². The van der Waals surface area contributed by atoms with Crippen molar-refractivity contribution in [2.75, 3.05) is 31.6 Å². The molecule has 0 atom stereocenters. The van der Waals surface area contributed by atoms with Crippen molar-refractivity contribution in [2.45, 2.75) is 26.2 Å². The molecule has 0 unspecified atom stereocenters. The van der Waals surface area contributed by atoms with Crippen molar-refractivity contribution >= 4 is 17.4 Å². The van der Waals surface area contributed by atoms with Gasteiger partial charge in [-0.15, -0.1) is 0 Å². The Morgan fingerprint density at radius 1 is 1.27 bits per heavy atom. The van der Waals surface area contributed by atoms with E-state index in [-0.39, 0.29) is 5.91 Å². The third kappa shape index (κ3) is 4.40. The van der Waals surface area contributed by atoms with Crippen LogP contribution in [0.15, 0.2) is 47.9 Å². The van der Waals surface area contributed by atoms with Crippen LogP contribution in [0.5, 0.6) is 0 Å². The molecule has 1 fully saturated rings. The van der Waals surface area contributed by atoms with Crippen LogP contribution in [-0.4, -0.2) is 53.1 Å². The summed E-state index contributed by atoms with van der Waals surface area (Å²) >= 11 is 0. The quantitative estimate of drug-likeness (QED) is 0.571. The highest BCUT2D eigenvalue weighted by atomic mass is 16.2. The molecule has 2 aliphatic rings. The summed E-state index contributed by atoms with van der Waals surface area (Å²) in [5, 5.41) is 16.7. The molecular formula is C23H30N6O. The first kappa shape index (κ1) is 20.2. The maximum absolute atomic E-state index is 12.0. The van der Waals surface area contributed by atoms with Crippen LogP contribution in [0.25, 0.3) is 11.1 Å². The number of nitrogens with one attached hydrogen (secondary N) is 2. The number of carbonyl (C=O) groups excluding carboxylic acids is 1. The Morgan fingerprint density at radius 3 is 2.60 bits per heavy atom. The van der Waals surface area contributed by atoms with Gasteiger partial charge in [0.15, 0.2) is 0 Å². The van der Waals surface area contributed by atoms with Gasteiger partial charge in [0.05, 0.1) is 12.7 Å². The molecule has 30 heavy (non-hydrogen) atoms. The first-order chi connectivity index (χ1) is 14.4. The van der Waals surface area contributed by atoms with E-state index < -0.39 is 0 Å². The second-order valence-corrected chi connectivity index (χ2v) is 8.33. The second-order valence-electron chi connectivity index (χ2n) is 8.33. The average Bonchev–Trinajstić information content (AvgIpc) is 3.49. The van der Waals surface area contributed by atoms with E-state index in [0.29, 0.717) is 18.9 Å². The van der Waals surface area contributed by atoms with Crippen molar-refractivity contribution in [3.8, 4) is 11.1 Å². The summed E-state index contributed by atoms with van der Waals surface area (Å²) in [5.41, 5.74) is 5.14. The number of amides is 1. The topological polar surface area (TPSA) is 77.2 Å². The highest BCUT2D eigenvalue weighted by molar-refractivity contribution is 6.08. The van der Waals surface area contributed by atoms with Crippen molar-refractivity contribution in [3.05, 3.63) is 47.9 Å². The van der Waals surface area contributed by atoms with Gasteiger partial charge in [0.1, 0.15) is 5.84 Å². The van der Waals surface area contributed by atoms with Crippen LogP contribution in [-0.2, 0) is 11.8 Å². The smallest absolute Gasteiger partial charge is 0.219 e. The Labute approximate surface area is 177 Å². The van der Waals surface area contributed by atoms with Crippen molar-refractivity contribution in [2.24, 2.45) is 13.0 Å². The van der Waals surface area contributed by atoms with Gasteiger partial charge in [-0.3, -0.25) is 14.9 Å². The first-order valence-electron chi connectivity index (χ1n) is 10.6. The first-order valence-corrected chi connectivity index (χ1v) is 10.6. The van der Waals surface area contributed by atoms with E-state index in [1.165, 1.54) is 12.8 Å². The summed E-state index contributed by atoms with van der Waals surface area (Å²) in [6.07, 6.45) is 7.19. The predicted octanol–water partition coefficient (Wildman–Crippen LogP) is 3.01. The van der Waals surface area contributed by atoms with Crippen LogP contribution in [0, 0.1) is 11.3 Å². The molecule has 158 valence electrons. The lowest BCUT2D eigenvalue weighted by molar-refractivity contribution is -0.128. The number of carbonyl (C=O) groups is 1. The van der Waals surface area contributed by atoms with Crippen LogP contribution >= 0.6 is 0 Å². The fourth-order valence-corrected chi connectivity index (χ4v) is 3.81. The molecule has 2 N–H and O–H groups in total. The molecule has 1 amide bonds. The number of anilines is 1. The number of amidine groups is 1. The Bertz CT molecular complexity index is 970. The Balaban J connectivity index is 1.54. The molecule has 7 heteroatoms. The Kier molecular flexibility index (Phi) is 5.61. The summed E-state index contributed by atoms with van der Waals surface area (Å²) < 4.78 is 1.79. The van der Waals surface area contributed by atoms with Gasteiger partial charge in [-0.25, -0.2) is 0 Å². The van der Waals surface area contributed by atoms with Crippen LogP contribution in [0.3, 0.4) is 0 Å². The summed E-state index contributed by atoms with van der Waals surface area (Å²) in [5.74, 6) is 1.26. The van der Waals surface area contributed by atoms with Gasteiger partial charge < -0.3 is 15.1 Å². The lowest BCUT2D eigenvalue weighted by atomic mass is 10.0. The number of hydrogen-bond donors (Lipinski definition) is 2. The third-order valence-corrected chi connectivity index (χ3v) is 6.01. The second kappa shape index (κ2) is 8.34. The maximum Gasteiger partial charge on any atom is 0.219 e. The molecule has 1 saturated carbocycles. The van der Waals surface area contributed by atoms with E-state index in [4.69, 9.17) is 5.41 Å². The monoisotopic (exact) mass is 406 g/mol. The van der Waals surface area contributed by atoms with E-state index >= 15 is 0 Å². The minimum absolute atomic E-state index is 0.0602. The molecule has 2 heterocycles. The van der Waals surface area contributed by atoms with Crippen molar-refractivity contribution in [1.82, 2.24) is 20.0 Å². The van der Waals surface area contributed by atoms with Crippen LogP contribution < -0.4 is 10.2 Å². The summed E-state index contributed by atoms with van der Waals surface area (Å²) in [7, 11) is 3.82. The molecule has 2 aromatic rings. The van der Waals surface area contributed by atoms with Crippen molar-refractivity contribution in [1.29, 1.82) is 5.41 Å². The van der Waals surface area contributed by atoms with Crippen molar-refractivity contribution in [3.63, 3.8) is 0 Å². The average molecular weight is 407 g/mol. The molecular weight excluding hydrogens is 376 g/mol. The molecule has 0 bridgehead atoms. The SMILES string of the molecule is CC(=O)N1CCC(NCC2CC2)=C(C(=N)N(C)c2ccc(-c3cnn(C)c3)cc2)C1. The molecule has 0 radical (unpaired) electrons. The van der Waals surface area contributed by atoms with E-state index in [0.717, 1.165) is 47.0 Å². The zero-order valence-corrected chi connectivity index (χ0v) is 18.0. The summed E-state index contributed by atoms with van der Waals surface area (Å²) in [6, 6.07) is 8.17. The minimum Gasteiger partial charge on any atom is -0.388 e. The van der Waals surface area contributed by atoms with E-state index in [1.807, 2.05) is 48.4 Å². The van der Waals surface area contributed by atoms with Crippen LogP contribution in [0.2, 0.25) is 0 Å². The Morgan fingerprint density at radius 2 is 2.00 bits per heavy atom. The molecule has 7 nitrogen and oxygen atoms in total. The number of aryl methyl sites for hydroxylation is 1. The molecule has 1 aliphatic carbocycles. The number of rotatable bonds is 6. The largest absolute Gasteiger partial charge is 0.388 e. The lowest BCUT2D eigenvalue weighted by Crippen LogP contribution is -2.43. The number of likely N-dealkylation sites (N-methyl/N-ethyl adjacent to an activating group) is 1. The van der Waals surface area contributed by atoms with Gasteiger partial charge >= 0.3 is 0 Å². The van der Waals surface area contributed by atoms with Crippen LogP contribution in [0.4, 0.5) is 5.69 Å². The van der Waals surface area contributed by atoms with Gasteiger partial charge in [-0.05, 0) is 36.5 Å². The van der Waals surface area contributed by atoms with Gasteiger partial charge in [0.25, 0.3) is 0 Å². The van der Waals surface area contributed by atoms with Gasteiger partial charge in [-0.2, -0.15) is 5.10 Å². The summed E-state index contributed by atoms with van der Waals surface area (Å²) in [6.45, 7) is 3.77. The molecule has 0 spiro atoms. The highest BCUT2D eigenvalue weighted by Gasteiger charge is 2.27. The number of nitrogens with zero attached hydrogens (tertiary/aromatic N) is 4. The lowest BCUT2D eigenvalue weighted by Gasteiger charge is -2.33. The molecule has 4 rings (SSSR count). The van der Waals surface area contributed by atoms with Crippen LogP contribution in [0.1, 0.15) is 26.2 Å². The van der Waals surface area contributed by atoms with E-state index in [1.54, 1.807) is 11.6 Å². The standard InChI is InChI=1S/C23H30N6O/c1-16(30)29-11-10-22(25-12-17-4-5-17)21(15-29)23(24)28(3)20-8-6-18(7-9-20)19-13-26-27(2)14-19/h6-9,13-14,17,24-25H,4-5,10-12,15H2,1-3H3. The fraction of sp³-hybridized carbons (Fsp3) is 0.435. The van der Waals surface area contributed by atoms with E-state index in [2.05, 4.69) is 22.5 Å². The minimum atomic E-state index is 0.0602. The Hall–Kier alpha value is -3.09. The number of hydrogen-bond acceptors (Lipinski definition) is 4. The number of aromatic nitrogens is 2. The molecule has 0 saturated heterocycles. The fourth-order valence-electron chi connectivity index (χ4n) is 3.81. The highest BCUT2D eigenvalue weighted by Crippen LogP contribution is 2.29. The molecule has 1 aromatic heterocycles. The van der Waals surface area contributed by atoms with Gasteiger partial charge in [-0.1, -0.05) is 12.1 Å². The maximum atomic E-state index is 12.0. The zero-order chi connectivity index (χ0) is 21.3. The van der Waals surface area contributed by atoms with Gasteiger partial charge in [0, 0.05) is 69.2 Å².